The van der Waals surface area contributed by atoms with Crippen LogP contribution in [0.5, 0.6) is 0 Å². The van der Waals surface area contributed by atoms with Gasteiger partial charge in [-0.2, -0.15) is 0 Å². The van der Waals surface area contributed by atoms with Crippen molar-refractivity contribution in [1.29, 1.82) is 0 Å². The first kappa shape index (κ1) is 18.5. The van der Waals surface area contributed by atoms with E-state index in [9.17, 15) is 4.79 Å². The molecule has 0 saturated heterocycles. The summed E-state index contributed by atoms with van der Waals surface area (Å²) in [5.41, 5.74) is 0.870. The fraction of sp³-hybridized carbons (Fsp3) is 0.400. The van der Waals surface area contributed by atoms with Crippen molar-refractivity contribution in [2.75, 3.05) is 24.8 Å². The molecule has 138 valence electrons. The van der Waals surface area contributed by atoms with Crippen molar-refractivity contribution in [3.63, 3.8) is 0 Å². The van der Waals surface area contributed by atoms with E-state index in [1.807, 2.05) is 24.5 Å². The van der Waals surface area contributed by atoms with Gasteiger partial charge in [0.2, 0.25) is 11.0 Å². The molecule has 0 radical (unpaired) electrons. The second-order valence-corrected chi connectivity index (χ2v) is 7.43. The summed E-state index contributed by atoms with van der Waals surface area (Å²) in [7, 11) is 1.64. The number of nitrogens with zero attached hydrogens (tertiary/aromatic N) is 5. The highest BCUT2D eigenvalue weighted by atomic mass is 32.2. The third kappa shape index (κ3) is 4.29. The molecule has 0 fully saturated rings. The summed E-state index contributed by atoms with van der Waals surface area (Å²) in [5.74, 6) is 1.47. The summed E-state index contributed by atoms with van der Waals surface area (Å²) in [6.45, 7) is 4.78. The van der Waals surface area contributed by atoms with Crippen LogP contribution in [0.2, 0.25) is 0 Å². The predicted octanol–water partition coefficient (Wildman–Crippen LogP) is 2.38. The number of hydrogen-bond acceptors (Lipinski definition) is 9. The highest BCUT2D eigenvalue weighted by Crippen LogP contribution is 2.27. The minimum atomic E-state index is -0.173. The van der Waals surface area contributed by atoms with Gasteiger partial charge < -0.3 is 9.15 Å². The van der Waals surface area contributed by atoms with Crippen LogP contribution in [0.4, 0.5) is 5.13 Å². The zero-order chi connectivity index (χ0) is 18.5. The summed E-state index contributed by atoms with van der Waals surface area (Å²) < 4.78 is 12.5. The molecule has 9 nitrogen and oxygen atoms in total. The van der Waals surface area contributed by atoms with Crippen LogP contribution in [-0.2, 0) is 16.1 Å². The Morgan fingerprint density at radius 2 is 2.19 bits per heavy atom. The molecule has 3 aromatic heterocycles. The first-order valence-electron chi connectivity index (χ1n) is 7.78. The first-order valence-corrected chi connectivity index (χ1v) is 9.58. The number of methoxy groups -OCH3 is 1. The molecule has 0 saturated carbocycles. The van der Waals surface area contributed by atoms with Gasteiger partial charge in [-0.15, -0.1) is 20.4 Å². The van der Waals surface area contributed by atoms with Crippen LogP contribution < -0.4 is 5.32 Å². The van der Waals surface area contributed by atoms with E-state index in [1.54, 1.807) is 13.4 Å². The van der Waals surface area contributed by atoms with Crippen molar-refractivity contribution in [3.8, 4) is 11.4 Å². The lowest BCUT2D eigenvalue weighted by molar-refractivity contribution is -0.113. The van der Waals surface area contributed by atoms with Crippen molar-refractivity contribution in [2.45, 2.75) is 25.5 Å². The number of rotatable bonds is 8. The molecule has 1 amide bonds. The quantitative estimate of drug-likeness (QED) is 0.580. The van der Waals surface area contributed by atoms with E-state index in [4.69, 9.17) is 9.15 Å². The maximum absolute atomic E-state index is 12.1. The van der Waals surface area contributed by atoms with E-state index in [1.165, 1.54) is 23.1 Å². The normalized spacial score (nSPS) is 11.0. The van der Waals surface area contributed by atoms with Crippen LogP contribution in [0.25, 0.3) is 11.4 Å². The molecule has 0 bridgehead atoms. The van der Waals surface area contributed by atoms with Crippen LogP contribution in [-0.4, -0.2) is 50.3 Å². The van der Waals surface area contributed by atoms with Gasteiger partial charge in [-0.05, 0) is 19.9 Å². The Labute approximate surface area is 158 Å². The van der Waals surface area contributed by atoms with Crippen LogP contribution >= 0.6 is 23.1 Å². The Balaban J connectivity index is 1.71. The van der Waals surface area contributed by atoms with E-state index in [-0.39, 0.29) is 11.7 Å². The predicted molar refractivity (Wildman–Crippen MR) is 98.3 cm³/mol. The Morgan fingerprint density at radius 1 is 1.35 bits per heavy atom. The van der Waals surface area contributed by atoms with Crippen molar-refractivity contribution in [2.24, 2.45) is 0 Å². The molecule has 0 spiro atoms. The largest absolute Gasteiger partial charge is 0.469 e. The highest BCUT2D eigenvalue weighted by molar-refractivity contribution is 7.99. The number of amides is 1. The number of aryl methyl sites for hydroxylation is 2. The van der Waals surface area contributed by atoms with Gasteiger partial charge in [0, 0.05) is 7.11 Å². The Bertz CT molecular complexity index is 888. The lowest BCUT2D eigenvalue weighted by atomic mass is 10.2. The van der Waals surface area contributed by atoms with E-state index >= 15 is 0 Å². The zero-order valence-corrected chi connectivity index (χ0v) is 16.2. The molecule has 0 aliphatic rings. The lowest BCUT2D eigenvalue weighted by Gasteiger charge is -2.09. The van der Waals surface area contributed by atoms with E-state index in [0.717, 1.165) is 16.3 Å². The summed E-state index contributed by atoms with van der Waals surface area (Å²) in [6.07, 6.45) is 1.62. The third-order valence-electron chi connectivity index (χ3n) is 3.44. The first-order chi connectivity index (χ1) is 12.6. The molecular formula is C15H18N6O3S2. The minimum absolute atomic E-state index is 0.173. The van der Waals surface area contributed by atoms with Gasteiger partial charge in [0.1, 0.15) is 10.8 Å². The number of aromatic nitrogens is 5. The summed E-state index contributed by atoms with van der Waals surface area (Å²) in [4.78, 5) is 12.1. The topological polar surface area (TPSA) is 108 Å². The van der Waals surface area contributed by atoms with E-state index in [2.05, 4.69) is 25.7 Å². The fourth-order valence-electron chi connectivity index (χ4n) is 2.23. The maximum Gasteiger partial charge on any atom is 0.236 e. The summed E-state index contributed by atoms with van der Waals surface area (Å²) in [5, 5.41) is 20.9. The van der Waals surface area contributed by atoms with Crippen molar-refractivity contribution in [3.05, 3.63) is 23.1 Å². The number of ether oxygens (including phenoxy) is 1. The lowest BCUT2D eigenvalue weighted by Crippen LogP contribution is -2.15. The fourth-order valence-corrected chi connectivity index (χ4v) is 3.60. The Kier molecular flexibility index (Phi) is 6.01. The smallest absolute Gasteiger partial charge is 0.236 e. The maximum atomic E-state index is 12.1. The summed E-state index contributed by atoms with van der Waals surface area (Å²) in [6, 6.07) is 1.85. The molecule has 11 heteroatoms. The molecule has 3 aromatic rings. The van der Waals surface area contributed by atoms with E-state index in [0.29, 0.717) is 29.3 Å². The molecule has 0 unspecified atom stereocenters. The highest BCUT2D eigenvalue weighted by Gasteiger charge is 2.18. The number of nitrogens with one attached hydrogen (secondary N) is 1. The van der Waals surface area contributed by atoms with Crippen molar-refractivity contribution in [1.82, 2.24) is 25.0 Å². The molecular weight excluding hydrogens is 376 g/mol. The molecule has 0 atom stereocenters. The third-order valence-corrected chi connectivity index (χ3v) is 5.16. The second-order valence-electron chi connectivity index (χ2n) is 5.30. The van der Waals surface area contributed by atoms with Gasteiger partial charge in [0.25, 0.3) is 0 Å². The number of anilines is 1. The molecule has 0 aromatic carbocycles. The Hall–Kier alpha value is -2.24. The standard InChI is InChI=1S/C15H18N6O3S2/c1-9-11(4-6-24-9)13-18-20-15(21(13)5-7-23-3)25-8-12(22)16-14-19-17-10(2)26-14/h4,6H,5,7-8H2,1-3H3,(H,16,19,22). The van der Waals surface area contributed by atoms with Gasteiger partial charge in [-0.3, -0.25) is 14.7 Å². The van der Waals surface area contributed by atoms with Crippen LogP contribution in [0.1, 0.15) is 10.8 Å². The van der Waals surface area contributed by atoms with Crippen molar-refractivity contribution < 1.29 is 13.9 Å². The summed E-state index contributed by atoms with van der Waals surface area (Å²) >= 11 is 2.64. The Morgan fingerprint density at radius 3 is 2.85 bits per heavy atom. The molecule has 0 aliphatic heterocycles. The van der Waals surface area contributed by atoms with Crippen LogP contribution in [0.3, 0.4) is 0 Å². The van der Waals surface area contributed by atoms with Gasteiger partial charge in [-0.1, -0.05) is 23.1 Å². The van der Waals surface area contributed by atoms with Crippen LogP contribution in [0, 0.1) is 13.8 Å². The average Bonchev–Trinajstić information content (AvgIpc) is 3.31. The molecule has 3 heterocycles. The monoisotopic (exact) mass is 394 g/mol. The molecule has 26 heavy (non-hydrogen) atoms. The number of furan rings is 1. The number of carbonyl (C=O) groups excluding carboxylic acids is 1. The van der Waals surface area contributed by atoms with Gasteiger partial charge in [-0.25, -0.2) is 0 Å². The minimum Gasteiger partial charge on any atom is -0.469 e. The molecule has 1 N–H and O–H groups in total. The van der Waals surface area contributed by atoms with Crippen LogP contribution in [0.15, 0.2) is 21.9 Å². The van der Waals surface area contributed by atoms with Gasteiger partial charge in [0.05, 0.1) is 30.7 Å². The number of thioether (sulfide) groups is 1. The SMILES string of the molecule is COCCn1c(SCC(=O)Nc2nnc(C)s2)nnc1-c1ccoc1C. The van der Waals surface area contributed by atoms with E-state index < -0.39 is 0 Å². The van der Waals surface area contributed by atoms with Gasteiger partial charge >= 0.3 is 0 Å². The van der Waals surface area contributed by atoms with Crippen molar-refractivity contribution >= 4 is 34.1 Å². The second kappa shape index (κ2) is 8.43. The molecule has 3 rings (SSSR count). The van der Waals surface area contributed by atoms with Gasteiger partial charge in [0.15, 0.2) is 11.0 Å². The zero-order valence-electron chi connectivity index (χ0n) is 14.6. The molecule has 0 aliphatic carbocycles. The average molecular weight is 394 g/mol. The number of hydrogen-bond donors (Lipinski definition) is 1. The number of carbonyl (C=O) groups is 1.